The van der Waals surface area contributed by atoms with E-state index in [4.69, 9.17) is 11.6 Å². The number of halogens is 3. The van der Waals surface area contributed by atoms with Gasteiger partial charge in [-0.25, -0.2) is 13.8 Å². The second-order valence-corrected chi connectivity index (χ2v) is 7.55. The van der Waals surface area contributed by atoms with Crippen LogP contribution in [0.25, 0.3) is 20.4 Å². The molecule has 0 aliphatic heterocycles. The molecule has 148 valence electrons. The molecule has 1 aromatic carbocycles. The average molecular weight is 423 g/mol. The summed E-state index contributed by atoms with van der Waals surface area (Å²) in [5.41, 5.74) is 3.38. The van der Waals surface area contributed by atoms with Gasteiger partial charge in [-0.2, -0.15) is 5.10 Å². The number of anilines is 1. The molecule has 4 rings (SSSR count). The highest BCUT2D eigenvalue weighted by Crippen LogP contribution is 2.40. The molecule has 4 nitrogen and oxygen atoms in total. The van der Waals surface area contributed by atoms with Crippen LogP contribution in [0.4, 0.5) is 14.6 Å². The van der Waals surface area contributed by atoms with Gasteiger partial charge in [0.2, 0.25) is 0 Å². The third kappa shape index (κ3) is 3.44. The van der Waals surface area contributed by atoms with Gasteiger partial charge in [-0.3, -0.25) is 4.68 Å². The van der Waals surface area contributed by atoms with Crippen LogP contribution in [0, 0.1) is 25.5 Å². The molecule has 8 heteroatoms. The number of thiophene rings is 1. The fraction of sp³-hybridized carbons (Fsp3) is 0.300. The first-order valence-electron chi connectivity index (χ1n) is 8.96. The van der Waals surface area contributed by atoms with Crippen LogP contribution in [0.3, 0.4) is 0 Å². The van der Waals surface area contributed by atoms with Crippen molar-refractivity contribution in [2.75, 3.05) is 5.32 Å². The molecule has 0 fully saturated rings. The van der Waals surface area contributed by atoms with Gasteiger partial charge >= 0.3 is 0 Å². The van der Waals surface area contributed by atoms with Crippen molar-refractivity contribution >= 4 is 49.2 Å². The number of rotatable bonds is 3. The highest BCUT2D eigenvalue weighted by Gasteiger charge is 2.20. The third-order valence-corrected chi connectivity index (χ3v) is 6.02. The van der Waals surface area contributed by atoms with Crippen LogP contribution in [-0.4, -0.2) is 14.8 Å². The summed E-state index contributed by atoms with van der Waals surface area (Å²) in [7, 11) is 1.87. The molecule has 3 aromatic heterocycles. The van der Waals surface area contributed by atoms with Gasteiger partial charge in [0.05, 0.1) is 20.9 Å². The summed E-state index contributed by atoms with van der Waals surface area (Å²) in [6.07, 6.45) is 0. The Kier molecular flexibility index (Phi) is 5.86. The van der Waals surface area contributed by atoms with E-state index in [0.717, 1.165) is 37.8 Å². The lowest BCUT2D eigenvalue weighted by Gasteiger charge is -2.04. The van der Waals surface area contributed by atoms with Gasteiger partial charge in [0.1, 0.15) is 4.83 Å². The first-order valence-corrected chi connectivity index (χ1v) is 10.2. The largest absolute Gasteiger partial charge is 0.363 e. The smallest absolute Gasteiger partial charge is 0.166 e. The number of fused-ring (bicyclic) bond motifs is 3. The Morgan fingerprint density at radius 2 is 1.89 bits per heavy atom. The number of nitrogens with zero attached hydrogens (tertiary/aromatic N) is 3. The van der Waals surface area contributed by atoms with Crippen molar-refractivity contribution < 1.29 is 8.78 Å². The van der Waals surface area contributed by atoms with Crippen molar-refractivity contribution in [2.24, 2.45) is 7.05 Å². The average Bonchev–Trinajstić information content (AvgIpc) is 3.20. The molecular formula is C20H21ClF2N4S. The highest BCUT2D eigenvalue weighted by atomic mass is 35.5. The molecule has 0 unspecified atom stereocenters. The number of nitrogens with one attached hydrogen (secondary N) is 1. The molecule has 0 bridgehead atoms. The van der Waals surface area contributed by atoms with Crippen LogP contribution in [0.1, 0.15) is 30.7 Å². The Morgan fingerprint density at radius 1 is 1.18 bits per heavy atom. The van der Waals surface area contributed by atoms with Crippen LogP contribution < -0.4 is 5.32 Å². The first kappa shape index (κ1) is 20.5. The number of hydrogen-bond acceptors (Lipinski definition) is 4. The second-order valence-electron chi connectivity index (χ2n) is 6.17. The molecular weight excluding hydrogens is 402 g/mol. The molecule has 0 atom stereocenters. The van der Waals surface area contributed by atoms with Crippen LogP contribution in [0.5, 0.6) is 0 Å². The predicted molar refractivity (Wildman–Crippen MR) is 113 cm³/mol. The van der Waals surface area contributed by atoms with E-state index in [0.29, 0.717) is 22.9 Å². The van der Waals surface area contributed by atoms with E-state index >= 15 is 0 Å². The maximum absolute atomic E-state index is 13.4. The molecule has 0 aliphatic rings. The molecule has 0 spiro atoms. The Morgan fingerprint density at radius 3 is 2.57 bits per heavy atom. The number of aryl methyl sites for hydroxylation is 3. The van der Waals surface area contributed by atoms with Gasteiger partial charge in [0, 0.05) is 19.0 Å². The van der Waals surface area contributed by atoms with Gasteiger partial charge in [0.25, 0.3) is 0 Å². The van der Waals surface area contributed by atoms with Crippen molar-refractivity contribution in [1.29, 1.82) is 0 Å². The van der Waals surface area contributed by atoms with Crippen LogP contribution in [0.15, 0.2) is 18.2 Å². The van der Waals surface area contributed by atoms with Crippen molar-refractivity contribution in [2.45, 2.75) is 34.2 Å². The SMILES string of the molecule is CC.Cc1nc2sc3c(NCc4ccc(F)c(F)c4)nn(C)c3c2c(C)c1Cl. The third-order valence-electron chi connectivity index (χ3n) is 4.39. The second kappa shape index (κ2) is 8.01. The summed E-state index contributed by atoms with van der Waals surface area (Å²) < 4.78 is 29.2. The number of benzene rings is 1. The fourth-order valence-electron chi connectivity index (χ4n) is 3.08. The molecule has 0 amide bonds. The Labute approximate surface area is 171 Å². The Balaban J connectivity index is 0.00000109. The molecule has 0 saturated carbocycles. The van der Waals surface area contributed by atoms with E-state index in [1.54, 1.807) is 10.7 Å². The normalized spacial score (nSPS) is 11.0. The quantitative estimate of drug-likeness (QED) is 0.417. The standard InChI is InChI=1S/C18H15ClF2N4S.C2H6/c1-8-13-15-16(26-18(13)23-9(2)14(8)19)17(24-25(15)3)22-7-10-4-5-11(20)12(21)6-10;1-2/h4-6H,7H2,1-3H3,(H,22,24);1-2H3. The summed E-state index contributed by atoms with van der Waals surface area (Å²) in [6.45, 7) is 8.20. The van der Waals surface area contributed by atoms with Crippen molar-refractivity contribution in [1.82, 2.24) is 14.8 Å². The lowest BCUT2D eigenvalue weighted by Crippen LogP contribution is -2.02. The van der Waals surface area contributed by atoms with Crippen molar-refractivity contribution in [3.05, 3.63) is 51.7 Å². The zero-order valence-electron chi connectivity index (χ0n) is 16.3. The van der Waals surface area contributed by atoms with Gasteiger partial charge in [-0.1, -0.05) is 31.5 Å². The van der Waals surface area contributed by atoms with E-state index in [1.165, 1.54) is 17.4 Å². The fourth-order valence-corrected chi connectivity index (χ4v) is 4.48. The minimum Gasteiger partial charge on any atom is -0.363 e. The monoisotopic (exact) mass is 422 g/mol. The Bertz CT molecular complexity index is 1170. The van der Waals surface area contributed by atoms with E-state index in [1.807, 2.05) is 34.7 Å². The van der Waals surface area contributed by atoms with Crippen molar-refractivity contribution in [3.8, 4) is 0 Å². The topological polar surface area (TPSA) is 42.7 Å². The van der Waals surface area contributed by atoms with Crippen molar-refractivity contribution in [3.63, 3.8) is 0 Å². The maximum atomic E-state index is 13.4. The van der Waals surface area contributed by atoms with E-state index < -0.39 is 11.6 Å². The zero-order valence-corrected chi connectivity index (χ0v) is 17.9. The minimum absolute atomic E-state index is 0.337. The van der Waals surface area contributed by atoms with Crippen LogP contribution >= 0.6 is 22.9 Å². The maximum Gasteiger partial charge on any atom is 0.166 e. The zero-order chi connectivity index (χ0) is 20.6. The van der Waals surface area contributed by atoms with Crippen LogP contribution in [-0.2, 0) is 13.6 Å². The van der Waals surface area contributed by atoms with Gasteiger partial charge in [-0.05, 0) is 37.1 Å². The molecule has 0 saturated heterocycles. The molecule has 4 aromatic rings. The summed E-state index contributed by atoms with van der Waals surface area (Å²) in [4.78, 5) is 5.50. The number of hydrogen-bond donors (Lipinski definition) is 1. The minimum atomic E-state index is -0.859. The van der Waals surface area contributed by atoms with E-state index in [2.05, 4.69) is 15.4 Å². The lowest BCUT2D eigenvalue weighted by atomic mass is 10.1. The summed E-state index contributed by atoms with van der Waals surface area (Å²) in [5, 5.41) is 9.39. The summed E-state index contributed by atoms with van der Waals surface area (Å²) >= 11 is 7.91. The molecule has 28 heavy (non-hydrogen) atoms. The summed E-state index contributed by atoms with van der Waals surface area (Å²) in [6, 6.07) is 3.85. The molecule has 0 radical (unpaired) electrons. The molecule has 3 heterocycles. The Hall–Kier alpha value is -2.25. The predicted octanol–water partition coefficient (Wildman–Crippen LogP) is 6.37. The van der Waals surface area contributed by atoms with Gasteiger partial charge < -0.3 is 5.32 Å². The van der Waals surface area contributed by atoms with Gasteiger partial charge in [0.15, 0.2) is 17.5 Å². The van der Waals surface area contributed by atoms with Gasteiger partial charge in [-0.15, -0.1) is 11.3 Å². The van der Waals surface area contributed by atoms with E-state index in [9.17, 15) is 8.78 Å². The number of aromatic nitrogens is 3. The number of pyridine rings is 1. The highest BCUT2D eigenvalue weighted by molar-refractivity contribution is 7.26. The summed E-state index contributed by atoms with van der Waals surface area (Å²) in [5.74, 6) is -1.03. The molecule has 0 aliphatic carbocycles. The first-order chi connectivity index (χ1) is 13.4. The van der Waals surface area contributed by atoms with E-state index in [-0.39, 0.29) is 0 Å². The van der Waals surface area contributed by atoms with Crippen LogP contribution in [0.2, 0.25) is 5.02 Å². The lowest BCUT2D eigenvalue weighted by molar-refractivity contribution is 0.507. The molecule has 1 N–H and O–H groups in total.